The number of nitrogens with zero attached hydrogens (tertiary/aromatic N) is 2. The van der Waals surface area contributed by atoms with Gasteiger partial charge in [-0.2, -0.15) is 0 Å². The van der Waals surface area contributed by atoms with E-state index in [2.05, 4.69) is 24.8 Å². The highest BCUT2D eigenvalue weighted by Crippen LogP contribution is 2.28. The molecule has 19 heavy (non-hydrogen) atoms. The second-order valence-corrected chi connectivity index (χ2v) is 5.41. The molecule has 4 nitrogen and oxygen atoms in total. The van der Waals surface area contributed by atoms with Crippen LogP contribution < -0.4 is 10.6 Å². The SMILES string of the molecule is COCCN(c1nc2c(cc1CN)CCC2)C(C)C. The maximum atomic E-state index is 5.91. The van der Waals surface area contributed by atoms with Gasteiger partial charge in [-0.1, -0.05) is 0 Å². The number of rotatable bonds is 6. The molecule has 1 heterocycles. The molecular formula is C15H25N3O. The van der Waals surface area contributed by atoms with Gasteiger partial charge < -0.3 is 15.4 Å². The van der Waals surface area contributed by atoms with E-state index in [4.69, 9.17) is 15.5 Å². The van der Waals surface area contributed by atoms with E-state index in [0.717, 1.165) is 30.8 Å². The molecule has 0 bridgehead atoms. The van der Waals surface area contributed by atoms with Crippen molar-refractivity contribution in [3.05, 3.63) is 22.9 Å². The van der Waals surface area contributed by atoms with Crippen LogP contribution in [0.3, 0.4) is 0 Å². The molecule has 0 radical (unpaired) electrons. The number of aromatic nitrogens is 1. The molecular weight excluding hydrogens is 238 g/mol. The van der Waals surface area contributed by atoms with Crippen molar-refractivity contribution in [1.29, 1.82) is 0 Å². The van der Waals surface area contributed by atoms with Gasteiger partial charge in [-0.25, -0.2) is 4.98 Å². The number of hydrogen-bond acceptors (Lipinski definition) is 4. The average Bonchev–Trinajstić information content (AvgIpc) is 2.84. The maximum absolute atomic E-state index is 5.91. The van der Waals surface area contributed by atoms with Crippen LogP contribution in [0.25, 0.3) is 0 Å². The van der Waals surface area contributed by atoms with Gasteiger partial charge in [0.15, 0.2) is 0 Å². The highest BCUT2D eigenvalue weighted by atomic mass is 16.5. The molecule has 0 spiro atoms. The Hall–Kier alpha value is -1.13. The summed E-state index contributed by atoms with van der Waals surface area (Å²) in [5.41, 5.74) is 9.72. The van der Waals surface area contributed by atoms with Crippen LogP contribution in [0.15, 0.2) is 6.07 Å². The van der Waals surface area contributed by atoms with Crippen molar-refractivity contribution < 1.29 is 4.74 Å². The molecule has 0 amide bonds. The van der Waals surface area contributed by atoms with Crippen LogP contribution in [0.5, 0.6) is 0 Å². The van der Waals surface area contributed by atoms with Gasteiger partial charge >= 0.3 is 0 Å². The molecule has 1 aromatic heterocycles. The van der Waals surface area contributed by atoms with E-state index >= 15 is 0 Å². The number of pyridine rings is 1. The van der Waals surface area contributed by atoms with Crippen molar-refractivity contribution in [2.45, 2.75) is 45.7 Å². The molecule has 4 heteroatoms. The van der Waals surface area contributed by atoms with Gasteiger partial charge in [0.25, 0.3) is 0 Å². The molecule has 1 aromatic rings. The maximum Gasteiger partial charge on any atom is 0.133 e. The second-order valence-electron chi connectivity index (χ2n) is 5.41. The normalized spacial score (nSPS) is 13.9. The minimum absolute atomic E-state index is 0.396. The Labute approximate surface area is 116 Å². The lowest BCUT2D eigenvalue weighted by atomic mass is 10.1. The van der Waals surface area contributed by atoms with Crippen LogP contribution in [0.4, 0.5) is 5.82 Å². The third-order valence-electron chi connectivity index (χ3n) is 3.76. The predicted molar refractivity (Wildman–Crippen MR) is 78.5 cm³/mol. The monoisotopic (exact) mass is 263 g/mol. The van der Waals surface area contributed by atoms with Crippen LogP contribution in [0.1, 0.15) is 37.1 Å². The van der Waals surface area contributed by atoms with E-state index in [1.807, 2.05) is 0 Å². The molecule has 1 aliphatic carbocycles. The zero-order valence-electron chi connectivity index (χ0n) is 12.3. The van der Waals surface area contributed by atoms with Crippen molar-refractivity contribution in [3.8, 4) is 0 Å². The fraction of sp³-hybridized carbons (Fsp3) is 0.667. The van der Waals surface area contributed by atoms with Crippen LogP contribution in [0, 0.1) is 0 Å². The summed E-state index contributed by atoms with van der Waals surface area (Å²) in [6.07, 6.45) is 3.47. The summed E-state index contributed by atoms with van der Waals surface area (Å²) in [6, 6.07) is 2.65. The Morgan fingerprint density at radius 1 is 1.42 bits per heavy atom. The third kappa shape index (κ3) is 3.07. The Morgan fingerprint density at radius 2 is 2.21 bits per heavy atom. The number of anilines is 1. The Kier molecular flexibility index (Phi) is 4.77. The Balaban J connectivity index is 2.34. The number of fused-ring (bicyclic) bond motifs is 1. The van der Waals surface area contributed by atoms with Gasteiger partial charge in [0, 0.05) is 37.5 Å². The summed E-state index contributed by atoms with van der Waals surface area (Å²) in [5.74, 6) is 1.05. The van der Waals surface area contributed by atoms with E-state index in [9.17, 15) is 0 Å². The second kappa shape index (κ2) is 6.35. The summed E-state index contributed by atoms with van der Waals surface area (Å²) in [5, 5.41) is 0. The quantitative estimate of drug-likeness (QED) is 0.851. The van der Waals surface area contributed by atoms with Crippen molar-refractivity contribution >= 4 is 5.82 Å². The fourth-order valence-electron chi connectivity index (χ4n) is 2.71. The first-order valence-corrected chi connectivity index (χ1v) is 7.14. The molecule has 0 saturated carbocycles. The lowest BCUT2D eigenvalue weighted by Gasteiger charge is -2.30. The highest BCUT2D eigenvalue weighted by Gasteiger charge is 2.20. The number of nitrogens with two attached hydrogens (primary N) is 1. The first-order chi connectivity index (χ1) is 9.17. The Morgan fingerprint density at radius 3 is 2.84 bits per heavy atom. The molecule has 0 saturated heterocycles. The van der Waals surface area contributed by atoms with Crippen molar-refractivity contribution in [2.24, 2.45) is 5.73 Å². The molecule has 2 rings (SSSR count). The number of ether oxygens (including phenoxy) is 1. The number of aryl methyl sites for hydroxylation is 2. The van der Waals surface area contributed by atoms with E-state index in [-0.39, 0.29) is 0 Å². The van der Waals surface area contributed by atoms with Gasteiger partial charge in [-0.15, -0.1) is 0 Å². The van der Waals surface area contributed by atoms with Crippen LogP contribution >= 0.6 is 0 Å². The van der Waals surface area contributed by atoms with Gasteiger partial charge in [-0.3, -0.25) is 0 Å². The van der Waals surface area contributed by atoms with Crippen molar-refractivity contribution in [2.75, 3.05) is 25.2 Å². The van der Waals surface area contributed by atoms with Gasteiger partial charge in [0.2, 0.25) is 0 Å². The lowest BCUT2D eigenvalue weighted by molar-refractivity contribution is 0.203. The topological polar surface area (TPSA) is 51.4 Å². The van der Waals surface area contributed by atoms with Crippen LogP contribution in [0.2, 0.25) is 0 Å². The standard InChI is InChI=1S/C15H25N3O/c1-11(2)18(7-8-19-3)15-13(10-16)9-12-5-4-6-14(12)17-15/h9,11H,4-8,10,16H2,1-3H3. The molecule has 0 fully saturated rings. The first kappa shape index (κ1) is 14.3. The molecule has 0 aromatic carbocycles. The largest absolute Gasteiger partial charge is 0.383 e. The molecule has 0 unspecified atom stereocenters. The number of methoxy groups -OCH3 is 1. The van der Waals surface area contributed by atoms with Crippen LogP contribution in [-0.2, 0) is 24.1 Å². The van der Waals surface area contributed by atoms with Gasteiger partial charge in [0.05, 0.1) is 6.61 Å². The van der Waals surface area contributed by atoms with Gasteiger partial charge in [0.1, 0.15) is 5.82 Å². The van der Waals surface area contributed by atoms with E-state index < -0.39 is 0 Å². The summed E-state index contributed by atoms with van der Waals surface area (Å²) in [4.78, 5) is 7.18. The predicted octanol–water partition coefficient (Wildman–Crippen LogP) is 1.89. The Bertz CT molecular complexity index is 432. The smallest absolute Gasteiger partial charge is 0.133 e. The van der Waals surface area contributed by atoms with Crippen molar-refractivity contribution in [1.82, 2.24) is 4.98 Å². The zero-order valence-corrected chi connectivity index (χ0v) is 12.3. The lowest BCUT2D eigenvalue weighted by Crippen LogP contribution is -2.35. The summed E-state index contributed by atoms with van der Waals surface area (Å²) in [7, 11) is 1.73. The minimum Gasteiger partial charge on any atom is -0.383 e. The van der Waals surface area contributed by atoms with Crippen LogP contribution in [-0.4, -0.2) is 31.3 Å². The fourth-order valence-corrected chi connectivity index (χ4v) is 2.71. The summed E-state index contributed by atoms with van der Waals surface area (Å²) >= 11 is 0. The molecule has 106 valence electrons. The summed E-state index contributed by atoms with van der Waals surface area (Å²) < 4.78 is 5.21. The average molecular weight is 263 g/mol. The van der Waals surface area contributed by atoms with E-state index in [1.165, 1.54) is 17.7 Å². The summed E-state index contributed by atoms with van der Waals surface area (Å²) in [6.45, 7) is 6.48. The molecule has 0 atom stereocenters. The van der Waals surface area contributed by atoms with E-state index in [0.29, 0.717) is 19.2 Å². The number of hydrogen-bond donors (Lipinski definition) is 1. The molecule has 0 aliphatic heterocycles. The zero-order chi connectivity index (χ0) is 13.8. The minimum atomic E-state index is 0.396. The van der Waals surface area contributed by atoms with Crippen molar-refractivity contribution in [3.63, 3.8) is 0 Å². The van der Waals surface area contributed by atoms with E-state index in [1.54, 1.807) is 7.11 Å². The first-order valence-electron chi connectivity index (χ1n) is 7.14. The van der Waals surface area contributed by atoms with Gasteiger partial charge in [-0.05, 0) is 44.7 Å². The molecule has 2 N–H and O–H groups in total. The highest BCUT2D eigenvalue weighted by molar-refractivity contribution is 5.51. The molecule has 1 aliphatic rings. The third-order valence-corrected chi connectivity index (χ3v) is 3.76.